The summed E-state index contributed by atoms with van der Waals surface area (Å²) in [6, 6.07) is 1.94. The van der Waals surface area contributed by atoms with Crippen LogP contribution in [0.25, 0.3) is 0 Å². The number of nitrogens with one attached hydrogen (secondary N) is 1. The van der Waals surface area contributed by atoms with E-state index in [1.807, 2.05) is 17.8 Å². The third-order valence-electron chi connectivity index (χ3n) is 3.34. The molecule has 0 amide bonds. The molecule has 1 aliphatic heterocycles. The highest BCUT2D eigenvalue weighted by Gasteiger charge is 2.27. The number of pyridine rings is 1. The number of halogens is 1. The Kier molecular flexibility index (Phi) is 5.45. The van der Waals surface area contributed by atoms with E-state index in [-0.39, 0.29) is 11.9 Å². The zero-order valence-electron chi connectivity index (χ0n) is 10.9. The van der Waals surface area contributed by atoms with Crippen molar-refractivity contribution in [2.45, 2.75) is 43.9 Å². The van der Waals surface area contributed by atoms with E-state index in [0.717, 1.165) is 18.5 Å². The summed E-state index contributed by atoms with van der Waals surface area (Å²) in [5, 5.41) is 4.00. The van der Waals surface area contributed by atoms with E-state index in [1.165, 1.54) is 31.2 Å². The molecule has 2 nitrogen and oxygen atoms in total. The van der Waals surface area contributed by atoms with Crippen LogP contribution < -0.4 is 5.32 Å². The second kappa shape index (κ2) is 7.10. The molecule has 0 bridgehead atoms. The predicted octanol–water partition coefficient (Wildman–Crippen LogP) is 3.55. The van der Waals surface area contributed by atoms with E-state index in [9.17, 15) is 4.39 Å². The first-order chi connectivity index (χ1) is 8.83. The zero-order chi connectivity index (χ0) is 12.8. The van der Waals surface area contributed by atoms with E-state index in [0.29, 0.717) is 5.25 Å². The van der Waals surface area contributed by atoms with Crippen molar-refractivity contribution >= 4 is 11.8 Å². The Morgan fingerprint density at radius 1 is 1.56 bits per heavy atom. The van der Waals surface area contributed by atoms with Gasteiger partial charge in [-0.1, -0.05) is 13.3 Å². The first-order valence-corrected chi connectivity index (χ1v) is 7.82. The van der Waals surface area contributed by atoms with Crippen molar-refractivity contribution in [3.63, 3.8) is 0 Å². The van der Waals surface area contributed by atoms with Gasteiger partial charge in [0, 0.05) is 23.1 Å². The van der Waals surface area contributed by atoms with Gasteiger partial charge in [-0.15, -0.1) is 0 Å². The van der Waals surface area contributed by atoms with Gasteiger partial charge >= 0.3 is 0 Å². The van der Waals surface area contributed by atoms with Gasteiger partial charge in [0.05, 0.1) is 6.20 Å². The molecule has 2 atom stereocenters. The van der Waals surface area contributed by atoms with Crippen LogP contribution in [-0.2, 0) is 0 Å². The molecule has 0 aromatic carbocycles. The molecule has 2 rings (SSSR count). The molecular formula is C14H21FN2S. The van der Waals surface area contributed by atoms with E-state index in [2.05, 4.69) is 17.2 Å². The fourth-order valence-electron chi connectivity index (χ4n) is 2.41. The van der Waals surface area contributed by atoms with E-state index in [4.69, 9.17) is 0 Å². The topological polar surface area (TPSA) is 24.9 Å². The molecule has 1 fully saturated rings. The minimum absolute atomic E-state index is 0.123. The summed E-state index contributed by atoms with van der Waals surface area (Å²) in [6.07, 6.45) is 7.81. The monoisotopic (exact) mass is 268 g/mol. The Hall–Kier alpha value is -0.610. The van der Waals surface area contributed by atoms with Crippen molar-refractivity contribution < 1.29 is 4.39 Å². The smallest absolute Gasteiger partial charge is 0.146 e. The van der Waals surface area contributed by atoms with E-state index < -0.39 is 0 Å². The second-order valence-electron chi connectivity index (χ2n) is 4.73. The molecule has 2 unspecified atom stereocenters. The summed E-state index contributed by atoms with van der Waals surface area (Å²) in [5.41, 5.74) is 0.776. The summed E-state index contributed by atoms with van der Waals surface area (Å²) in [7, 11) is 0. The minimum Gasteiger partial charge on any atom is -0.309 e. The molecule has 100 valence electrons. The predicted molar refractivity (Wildman–Crippen MR) is 75.3 cm³/mol. The van der Waals surface area contributed by atoms with Crippen LogP contribution in [0.1, 0.15) is 44.2 Å². The van der Waals surface area contributed by atoms with Crippen molar-refractivity contribution in [3.8, 4) is 0 Å². The molecule has 4 heteroatoms. The number of rotatable bonds is 5. The number of nitrogens with zero attached hydrogens (tertiary/aromatic N) is 1. The van der Waals surface area contributed by atoms with Crippen LogP contribution in [-0.4, -0.2) is 22.5 Å². The molecule has 1 N–H and O–H groups in total. The fourth-order valence-corrected chi connectivity index (χ4v) is 3.85. The molecule has 0 spiro atoms. The average Bonchev–Trinajstić information content (AvgIpc) is 2.42. The Morgan fingerprint density at radius 2 is 2.44 bits per heavy atom. The second-order valence-corrected chi connectivity index (χ2v) is 6.08. The van der Waals surface area contributed by atoms with Gasteiger partial charge in [-0.2, -0.15) is 11.8 Å². The minimum atomic E-state index is -0.183. The first-order valence-electron chi connectivity index (χ1n) is 6.77. The van der Waals surface area contributed by atoms with Crippen molar-refractivity contribution in [2.75, 3.05) is 12.3 Å². The largest absolute Gasteiger partial charge is 0.309 e. The number of thioether (sulfide) groups is 1. The molecule has 0 aliphatic carbocycles. The van der Waals surface area contributed by atoms with Crippen LogP contribution in [0.5, 0.6) is 0 Å². The van der Waals surface area contributed by atoms with Gasteiger partial charge < -0.3 is 5.32 Å². The Bertz CT molecular complexity index is 367. The lowest BCUT2D eigenvalue weighted by Crippen LogP contribution is -2.33. The molecule has 1 aliphatic rings. The quantitative estimate of drug-likeness (QED) is 0.884. The van der Waals surface area contributed by atoms with E-state index >= 15 is 0 Å². The van der Waals surface area contributed by atoms with Gasteiger partial charge in [0.1, 0.15) is 5.82 Å². The van der Waals surface area contributed by atoms with Gasteiger partial charge in [-0.25, -0.2) is 4.39 Å². The van der Waals surface area contributed by atoms with Crippen LogP contribution in [0.2, 0.25) is 0 Å². The Labute approximate surface area is 113 Å². The van der Waals surface area contributed by atoms with Crippen LogP contribution in [0.3, 0.4) is 0 Å². The molecule has 18 heavy (non-hydrogen) atoms. The number of aromatic nitrogens is 1. The summed E-state index contributed by atoms with van der Waals surface area (Å²) >= 11 is 1.98. The van der Waals surface area contributed by atoms with Gasteiger partial charge in [0.15, 0.2) is 0 Å². The first kappa shape index (κ1) is 13.8. The maximum Gasteiger partial charge on any atom is 0.146 e. The maximum atomic E-state index is 13.9. The highest BCUT2D eigenvalue weighted by atomic mass is 32.2. The molecule has 1 aromatic heterocycles. The van der Waals surface area contributed by atoms with E-state index in [1.54, 1.807) is 6.20 Å². The number of hydrogen-bond donors (Lipinski definition) is 1. The molecule has 0 saturated carbocycles. The normalized spacial score (nSPS) is 21.8. The summed E-state index contributed by atoms with van der Waals surface area (Å²) < 4.78 is 13.9. The lowest BCUT2D eigenvalue weighted by atomic mass is 9.99. The van der Waals surface area contributed by atoms with Gasteiger partial charge in [-0.05, 0) is 37.6 Å². The third kappa shape index (κ3) is 3.45. The van der Waals surface area contributed by atoms with Crippen LogP contribution in [0, 0.1) is 5.82 Å². The van der Waals surface area contributed by atoms with Crippen molar-refractivity contribution in [3.05, 3.63) is 29.8 Å². The molecular weight excluding hydrogens is 247 g/mol. The molecule has 2 heterocycles. The lowest BCUT2D eigenvalue weighted by Gasteiger charge is -2.31. The maximum absolute atomic E-state index is 13.9. The SMILES string of the molecule is CCCNC(c1ccncc1F)C1CCCCS1. The third-order valence-corrected chi connectivity index (χ3v) is 4.80. The van der Waals surface area contributed by atoms with Crippen molar-refractivity contribution in [1.82, 2.24) is 10.3 Å². The van der Waals surface area contributed by atoms with Crippen LogP contribution >= 0.6 is 11.8 Å². The Morgan fingerprint density at radius 3 is 3.11 bits per heavy atom. The lowest BCUT2D eigenvalue weighted by molar-refractivity contribution is 0.458. The van der Waals surface area contributed by atoms with Crippen molar-refractivity contribution in [2.24, 2.45) is 0 Å². The van der Waals surface area contributed by atoms with Gasteiger partial charge in [-0.3, -0.25) is 4.98 Å². The van der Waals surface area contributed by atoms with Crippen LogP contribution in [0.4, 0.5) is 4.39 Å². The highest BCUT2D eigenvalue weighted by Crippen LogP contribution is 2.35. The standard InChI is InChI=1S/C14H21FN2S/c1-2-7-17-14(13-5-3-4-9-18-13)11-6-8-16-10-12(11)15/h6,8,10,13-14,17H,2-5,7,9H2,1H3. The molecule has 0 radical (unpaired) electrons. The van der Waals surface area contributed by atoms with Crippen molar-refractivity contribution in [1.29, 1.82) is 0 Å². The Balaban J connectivity index is 2.15. The average molecular weight is 268 g/mol. The van der Waals surface area contributed by atoms with Crippen LogP contribution in [0.15, 0.2) is 18.5 Å². The molecule has 1 aromatic rings. The fraction of sp³-hybridized carbons (Fsp3) is 0.643. The highest BCUT2D eigenvalue weighted by molar-refractivity contribution is 8.00. The van der Waals surface area contributed by atoms with Gasteiger partial charge in [0.25, 0.3) is 0 Å². The summed E-state index contributed by atoms with van der Waals surface area (Å²) in [4.78, 5) is 3.84. The zero-order valence-corrected chi connectivity index (χ0v) is 11.7. The summed E-state index contributed by atoms with van der Waals surface area (Å²) in [6.45, 7) is 3.07. The number of hydrogen-bond acceptors (Lipinski definition) is 3. The summed E-state index contributed by atoms with van der Waals surface area (Å²) in [5.74, 6) is 1.01. The molecule has 1 saturated heterocycles. The van der Waals surface area contributed by atoms with Gasteiger partial charge in [0.2, 0.25) is 0 Å².